The van der Waals surface area contributed by atoms with Gasteiger partial charge in [0.2, 0.25) is 5.91 Å². The Morgan fingerprint density at radius 2 is 1.70 bits per heavy atom. The molecular weight excluding hydrogens is 435 g/mol. The van der Waals surface area contributed by atoms with Gasteiger partial charge in [0.05, 0.1) is 9.90 Å². The summed E-state index contributed by atoms with van der Waals surface area (Å²) in [5, 5.41) is 20.1. The normalized spacial score (nSPS) is 13.7. The van der Waals surface area contributed by atoms with Crippen LogP contribution in [0.1, 0.15) is 48.0 Å². The molecule has 0 bridgehead atoms. The Morgan fingerprint density at radius 1 is 1.10 bits per heavy atom. The average molecular weight is 457 g/mol. The quantitative estimate of drug-likeness (QED) is 0.492. The summed E-state index contributed by atoms with van der Waals surface area (Å²) >= 11 is 7.24. The molecule has 0 atom stereocenters. The van der Waals surface area contributed by atoms with E-state index >= 15 is 0 Å². The number of nitrogens with one attached hydrogen (secondary N) is 2. The van der Waals surface area contributed by atoms with E-state index in [9.17, 15) is 14.0 Å². The maximum Gasteiger partial charge on any atom is 0.503 e. The van der Waals surface area contributed by atoms with E-state index in [1.165, 1.54) is 29.9 Å². The second kappa shape index (κ2) is 11.5. The summed E-state index contributed by atoms with van der Waals surface area (Å²) in [6.45, 7) is 0.266. The van der Waals surface area contributed by atoms with Crippen LogP contribution in [0.2, 0.25) is 4.34 Å². The van der Waals surface area contributed by atoms with Crippen molar-refractivity contribution in [3.63, 3.8) is 0 Å². The minimum Gasteiger partial charge on any atom is -0.450 e. The lowest BCUT2D eigenvalue weighted by Gasteiger charge is -2.20. The molecule has 1 aromatic heterocycles. The Bertz CT molecular complexity index is 878. The first-order valence-corrected chi connectivity index (χ1v) is 10.5. The SMILES string of the molecule is O=C(NCc1ccc(F)cc1)c1cc(Cl)sc1NC(=O)C1CCCCC1.O=C(O)O. The Balaban J connectivity index is 0.000000735. The lowest BCUT2D eigenvalue weighted by molar-refractivity contribution is -0.120. The summed E-state index contributed by atoms with van der Waals surface area (Å²) < 4.78 is 13.4. The minimum absolute atomic E-state index is 0.000230. The van der Waals surface area contributed by atoms with Crippen LogP contribution >= 0.6 is 22.9 Å². The fraction of sp³-hybridized carbons (Fsp3) is 0.350. The summed E-state index contributed by atoms with van der Waals surface area (Å²) in [6.07, 6.45) is 3.24. The lowest BCUT2D eigenvalue weighted by Crippen LogP contribution is -2.27. The molecule has 2 aromatic rings. The van der Waals surface area contributed by atoms with Crippen molar-refractivity contribution < 1.29 is 29.0 Å². The summed E-state index contributed by atoms with van der Waals surface area (Å²) in [6, 6.07) is 7.48. The van der Waals surface area contributed by atoms with Crippen LogP contribution in [0.5, 0.6) is 0 Å². The van der Waals surface area contributed by atoms with Crippen LogP contribution in [0.4, 0.5) is 14.2 Å². The van der Waals surface area contributed by atoms with Crippen molar-refractivity contribution in [3.05, 3.63) is 51.6 Å². The number of thiophene rings is 1. The highest BCUT2D eigenvalue weighted by Crippen LogP contribution is 2.33. The van der Waals surface area contributed by atoms with Crippen LogP contribution in [0.15, 0.2) is 30.3 Å². The van der Waals surface area contributed by atoms with Crippen LogP contribution in [-0.2, 0) is 11.3 Å². The smallest absolute Gasteiger partial charge is 0.450 e. The number of hydrogen-bond acceptors (Lipinski definition) is 4. The van der Waals surface area contributed by atoms with E-state index in [0.717, 1.165) is 31.2 Å². The topological polar surface area (TPSA) is 116 Å². The van der Waals surface area contributed by atoms with Gasteiger partial charge in [0.25, 0.3) is 5.91 Å². The standard InChI is InChI=1S/C19H20ClFN2O2S.CH2O3/c20-16-10-15(18(25)22-11-12-6-8-14(21)9-7-12)19(26-16)23-17(24)13-4-2-1-3-5-13;2-1(3)4/h6-10,13H,1-5,11H2,(H,22,25)(H,23,24);(H2,2,3,4). The Kier molecular flexibility index (Phi) is 9.07. The van der Waals surface area contributed by atoms with E-state index in [-0.39, 0.29) is 30.1 Å². The number of carbonyl (C=O) groups is 3. The number of carbonyl (C=O) groups excluding carboxylic acids is 2. The summed E-state index contributed by atoms with van der Waals surface area (Å²) in [5.74, 6) is -0.690. The molecule has 162 valence electrons. The van der Waals surface area contributed by atoms with Crippen LogP contribution in [0.3, 0.4) is 0 Å². The number of benzene rings is 1. The van der Waals surface area contributed by atoms with Gasteiger partial charge in [-0.25, -0.2) is 9.18 Å². The maximum atomic E-state index is 12.9. The Labute approximate surface area is 181 Å². The highest BCUT2D eigenvalue weighted by molar-refractivity contribution is 7.20. The molecule has 1 fully saturated rings. The van der Waals surface area contributed by atoms with Gasteiger partial charge in [-0.05, 0) is 36.6 Å². The molecule has 3 rings (SSSR count). The van der Waals surface area contributed by atoms with Crippen molar-refractivity contribution in [2.45, 2.75) is 38.6 Å². The fourth-order valence-electron chi connectivity index (χ4n) is 3.08. The number of rotatable bonds is 5. The van der Waals surface area contributed by atoms with Crippen LogP contribution in [-0.4, -0.2) is 28.2 Å². The molecular formula is C20H22ClFN2O5S. The van der Waals surface area contributed by atoms with E-state index in [1.54, 1.807) is 18.2 Å². The molecule has 1 aromatic carbocycles. The van der Waals surface area contributed by atoms with Crippen molar-refractivity contribution in [1.29, 1.82) is 0 Å². The Hall–Kier alpha value is -2.65. The first kappa shape index (κ1) is 23.6. The minimum atomic E-state index is -1.83. The van der Waals surface area contributed by atoms with Crippen LogP contribution in [0.25, 0.3) is 0 Å². The third-order valence-corrected chi connectivity index (χ3v) is 5.71. The van der Waals surface area contributed by atoms with Gasteiger partial charge in [-0.1, -0.05) is 43.0 Å². The van der Waals surface area contributed by atoms with Crippen molar-refractivity contribution in [1.82, 2.24) is 5.32 Å². The molecule has 0 spiro atoms. The molecule has 1 aliphatic rings. The second-order valence-corrected chi connectivity index (χ2v) is 8.39. The number of hydrogen-bond donors (Lipinski definition) is 4. The van der Waals surface area contributed by atoms with Gasteiger partial charge >= 0.3 is 6.16 Å². The molecule has 4 N–H and O–H groups in total. The predicted molar refractivity (Wildman–Crippen MR) is 113 cm³/mol. The molecule has 2 amide bonds. The third kappa shape index (κ3) is 7.64. The predicted octanol–water partition coefficient (Wildman–Crippen LogP) is 5.21. The van der Waals surface area contributed by atoms with Gasteiger partial charge < -0.3 is 20.8 Å². The van der Waals surface area contributed by atoms with Crippen molar-refractivity contribution >= 4 is 45.9 Å². The molecule has 10 heteroatoms. The number of halogens is 2. The van der Waals surface area contributed by atoms with Crippen molar-refractivity contribution in [2.24, 2.45) is 5.92 Å². The largest absolute Gasteiger partial charge is 0.503 e. The van der Waals surface area contributed by atoms with Crippen LogP contribution < -0.4 is 10.6 Å². The zero-order valence-electron chi connectivity index (χ0n) is 16.0. The molecule has 0 aliphatic heterocycles. The molecule has 0 unspecified atom stereocenters. The Morgan fingerprint density at radius 3 is 2.30 bits per heavy atom. The van der Waals surface area contributed by atoms with Gasteiger partial charge in [0, 0.05) is 12.5 Å². The van der Waals surface area contributed by atoms with Gasteiger partial charge in [-0.2, -0.15) is 0 Å². The first-order valence-electron chi connectivity index (χ1n) is 9.31. The van der Waals surface area contributed by atoms with Gasteiger partial charge in [0.15, 0.2) is 0 Å². The molecule has 30 heavy (non-hydrogen) atoms. The third-order valence-electron chi connectivity index (χ3n) is 4.53. The maximum absolute atomic E-state index is 12.9. The molecule has 0 radical (unpaired) electrons. The van der Waals surface area contributed by atoms with E-state index in [2.05, 4.69) is 10.6 Å². The molecule has 1 heterocycles. The zero-order chi connectivity index (χ0) is 22.1. The monoisotopic (exact) mass is 456 g/mol. The lowest BCUT2D eigenvalue weighted by atomic mass is 9.89. The summed E-state index contributed by atoms with van der Waals surface area (Å²) in [4.78, 5) is 33.5. The fourth-order valence-corrected chi connectivity index (χ4v) is 4.21. The van der Waals surface area contributed by atoms with Crippen molar-refractivity contribution in [3.8, 4) is 0 Å². The molecule has 7 nitrogen and oxygen atoms in total. The van der Waals surface area contributed by atoms with Crippen molar-refractivity contribution in [2.75, 3.05) is 5.32 Å². The van der Waals surface area contributed by atoms with E-state index in [4.69, 9.17) is 26.6 Å². The average Bonchev–Trinajstić information content (AvgIpc) is 3.07. The van der Waals surface area contributed by atoms with Crippen LogP contribution in [0, 0.1) is 11.7 Å². The van der Waals surface area contributed by atoms with E-state index in [0.29, 0.717) is 14.9 Å². The van der Waals surface area contributed by atoms with E-state index in [1.807, 2.05) is 0 Å². The highest BCUT2D eigenvalue weighted by atomic mass is 35.5. The summed E-state index contributed by atoms with van der Waals surface area (Å²) in [7, 11) is 0. The van der Waals surface area contributed by atoms with Gasteiger partial charge in [-0.3, -0.25) is 9.59 Å². The van der Waals surface area contributed by atoms with Gasteiger partial charge in [0.1, 0.15) is 10.8 Å². The first-order chi connectivity index (χ1) is 14.3. The summed E-state index contributed by atoms with van der Waals surface area (Å²) in [5.41, 5.74) is 1.14. The number of carboxylic acid groups (broad SMARTS) is 2. The van der Waals surface area contributed by atoms with Gasteiger partial charge in [-0.15, -0.1) is 11.3 Å². The molecule has 0 saturated heterocycles. The van der Waals surface area contributed by atoms with E-state index < -0.39 is 6.16 Å². The molecule has 1 saturated carbocycles. The molecule has 1 aliphatic carbocycles. The number of anilines is 1. The zero-order valence-corrected chi connectivity index (χ0v) is 17.6. The number of amides is 2. The second-order valence-electron chi connectivity index (χ2n) is 6.71. The highest BCUT2D eigenvalue weighted by Gasteiger charge is 2.24.